The zero-order valence-electron chi connectivity index (χ0n) is 17.6. The molecule has 9 heteroatoms. The average Bonchev–Trinajstić information content (AvgIpc) is 3.22. The molecule has 3 N–H and O–H groups in total. The Labute approximate surface area is 188 Å². The van der Waals surface area contributed by atoms with Crippen LogP contribution in [0.4, 0.5) is 35.2 Å². The van der Waals surface area contributed by atoms with Gasteiger partial charge in [-0.3, -0.25) is 4.90 Å². The van der Waals surface area contributed by atoms with Crippen molar-refractivity contribution in [3.63, 3.8) is 0 Å². The van der Waals surface area contributed by atoms with Crippen LogP contribution in [-0.2, 0) is 12.7 Å². The second-order valence-electron chi connectivity index (χ2n) is 8.21. The van der Waals surface area contributed by atoms with E-state index in [0.29, 0.717) is 35.9 Å². The molecule has 2 aliphatic heterocycles. The van der Waals surface area contributed by atoms with Crippen molar-refractivity contribution < 1.29 is 18.0 Å². The van der Waals surface area contributed by atoms with Gasteiger partial charge in [-0.25, -0.2) is 9.78 Å². The number of halogens is 3. The molecular weight excluding hydrogens is 431 g/mol. The standard InChI is InChI=1S/C24H22F3N5O/c25-24(26,27)17-5-2-4-16(12-17)20-7-8-21-22(30-20)32(19-9-10-31(21)14-19)23(33)29-18-6-1-3-15(11-18)13-28/h1-8,11-12,19H,9-10,13-14,28H2,(H,29,33)/t19-/m0/s1. The molecule has 33 heavy (non-hydrogen) atoms. The highest BCUT2D eigenvalue weighted by Crippen LogP contribution is 2.41. The van der Waals surface area contributed by atoms with Gasteiger partial charge in [-0.1, -0.05) is 24.3 Å². The summed E-state index contributed by atoms with van der Waals surface area (Å²) < 4.78 is 39.6. The highest BCUT2D eigenvalue weighted by atomic mass is 19.4. The molecule has 2 bridgehead atoms. The van der Waals surface area contributed by atoms with Crippen LogP contribution in [0, 0.1) is 0 Å². The summed E-state index contributed by atoms with van der Waals surface area (Å²) in [6.45, 7) is 1.83. The largest absolute Gasteiger partial charge is 0.416 e. The number of urea groups is 1. The van der Waals surface area contributed by atoms with E-state index in [-0.39, 0.29) is 12.1 Å². The van der Waals surface area contributed by atoms with Crippen LogP contribution in [0.2, 0.25) is 0 Å². The van der Waals surface area contributed by atoms with Crippen LogP contribution in [0.25, 0.3) is 11.3 Å². The fourth-order valence-corrected chi connectivity index (χ4v) is 4.45. The average molecular weight is 453 g/mol. The summed E-state index contributed by atoms with van der Waals surface area (Å²) in [6, 6.07) is 15.5. The van der Waals surface area contributed by atoms with Gasteiger partial charge >= 0.3 is 12.2 Å². The first kappa shape index (κ1) is 21.3. The second kappa shape index (κ2) is 8.08. The molecule has 0 unspecified atom stereocenters. The molecule has 3 aromatic rings. The number of benzene rings is 2. The third-order valence-electron chi connectivity index (χ3n) is 6.07. The van der Waals surface area contributed by atoms with Crippen molar-refractivity contribution in [1.29, 1.82) is 0 Å². The highest BCUT2D eigenvalue weighted by molar-refractivity contribution is 6.04. The summed E-state index contributed by atoms with van der Waals surface area (Å²) in [5.41, 5.74) is 8.00. The maximum atomic E-state index is 13.3. The quantitative estimate of drug-likeness (QED) is 0.594. The van der Waals surface area contributed by atoms with Gasteiger partial charge in [-0.05, 0) is 48.4 Å². The van der Waals surface area contributed by atoms with Crippen LogP contribution in [0.3, 0.4) is 0 Å². The van der Waals surface area contributed by atoms with E-state index in [9.17, 15) is 18.0 Å². The van der Waals surface area contributed by atoms with Gasteiger partial charge in [0, 0.05) is 30.9 Å². The molecule has 0 aliphatic carbocycles. The molecule has 6 nitrogen and oxygen atoms in total. The molecule has 2 amide bonds. The van der Waals surface area contributed by atoms with E-state index in [2.05, 4.69) is 15.2 Å². The Bertz CT molecular complexity index is 1210. The van der Waals surface area contributed by atoms with Crippen molar-refractivity contribution >= 4 is 23.2 Å². The van der Waals surface area contributed by atoms with Crippen LogP contribution in [0.5, 0.6) is 0 Å². The zero-order chi connectivity index (χ0) is 23.2. The van der Waals surface area contributed by atoms with Gasteiger partial charge in [0.1, 0.15) is 0 Å². The third-order valence-corrected chi connectivity index (χ3v) is 6.07. The zero-order valence-corrected chi connectivity index (χ0v) is 17.6. The van der Waals surface area contributed by atoms with Crippen molar-refractivity contribution in [2.75, 3.05) is 28.2 Å². The smallest absolute Gasteiger partial charge is 0.366 e. The molecule has 170 valence electrons. The van der Waals surface area contributed by atoms with Gasteiger partial charge in [0.05, 0.1) is 23.0 Å². The van der Waals surface area contributed by atoms with Crippen molar-refractivity contribution in [2.24, 2.45) is 5.73 Å². The van der Waals surface area contributed by atoms with Crippen LogP contribution in [-0.4, -0.2) is 30.1 Å². The van der Waals surface area contributed by atoms with Crippen LogP contribution in [0.15, 0.2) is 60.7 Å². The number of fused-ring (bicyclic) bond motifs is 4. The lowest BCUT2D eigenvalue weighted by molar-refractivity contribution is -0.137. The summed E-state index contributed by atoms with van der Waals surface area (Å²) in [7, 11) is 0. The number of amides is 2. The normalized spacial score (nSPS) is 17.2. The topological polar surface area (TPSA) is 74.5 Å². The van der Waals surface area contributed by atoms with E-state index in [1.165, 1.54) is 6.07 Å². The Kier molecular flexibility index (Phi) is 5.20. The Morgan fingerprint density at radius 2 is 1.94 bits per heavy atom. The van der Waals surface area contributed by atoms with E-state index >= 15 is 0 Å². The highest BCUT2D eigenvalue weighted by Gasteiger charge is 2.40. The lowest BCUT2D eigenvalue weighted by atomic mass is 10.1. The fraction of sp³-hybridized carbons (Fsp3) is 0.250. The number of pyridine rings is 1. The number of rotatable bonds is 3. The second-order valence-corrected chi connectivity index (χ2v) is 8.21. The first-order chi connectivity index (χ1) is 15.8. The molecule has 1 fully saturated rings. The van der Waals surface area contributed by atoms with Crippen molar-refractivity contribution in [2.45, 2.75) is 25.2 Å². The van der Waals surface area contributed by atoms with Crippen molar-refractivity contribution in [1.82, 2.24) is 4.98 Å². The van der Waals surface area contributed by atoms with Gasteiger partial charge in [0.25, 0.3) is 0 Å². The molecule has 0 spiro atoms. The molecule has 1 atom stereocenters. The molecule has 0 saturated carbocycles. The first-order valence-electron chi connectivity index (χ1n) is 10.7. The number of carbonyl (C=O) groups excluding carboxylic acids is 1. The minimum absolute atomic E-state index is 0.0700. The third kappa shape index (κ3) is 4.00. The number of nitrogens with two attached hydrogens (primary N) is 1. The van der Waals surface area contributed by atoms with Gasteiger partial charge in [0.15, 0.2) is 5.82 Å². The number of nitrogens with zero attached hydrogens (tertiary/aromatic N) is 3. The predicted octanol–water partition coefficient (Wildman–Crippen LogP) is 4.86. The predicted molar refractivity (Wildman–Crippen MR) is 121 cm³/mol. The lowest BCUT2D eigenvalue weighted by Crippen LogP contribution is -2.48. The van der Waals surface area contributed by atoms with E-state index in [0.717, 1.165) is 36.3 Å². The summed E-state index contributed by atoms with van der Waals surface area (Å²) >= 11 is 0. The summed E-state index contributed by atoms with van der Waals surface area (Å²) in [4.78, 5) is 21.8. The number of hydrogen-bond donors (Lipinski definition) is 2. The Morgan fingerprint density at radius 3 is 2.73 bits per heavy atom. The number of nitrogens with one attached hydrogen (secondary N) is 1. The Balaban J connectivity index is 1.51. The molecule has 5 rings (SSSR count). The first-order valence-corrected chi connectivity index (χ1v) is 10.7. The van der Waals surface area contributed by atoms with Crippen LogP contribution in [0.1, 0.15) is 17.5 Å². The van der Waals surface area contributed by atoms with Gasteiger partial charge in [-0.2, -0.15) is 13.2 Å². The van der Waals surface area contributed by atoms with Crippen LogP contribution >= 0.6 is 0 Å². The maximum absolute atomic E-state index is 13.3. The monoisotopic (exact) mass is 453 g/mol. The molecule has 2 aliphatic rings. The Morgan fingerprint density at radius 1 is 1.12 bits per heavy atom. The minimum Gasteiger partial charge on any atom is -0.366 e. The number of anilines is 3. The Hall–Kier alpha value is -3.59. The molecule has 1 saturated heterocycles. The maximum Gasteiger partial charge on any atom is 0.416 e. The molecule has 0 radical (unpaired) electrons. The van der Waals surface area contributed by atoms with E-state index < -0.39 is 11.7 Å². The summed E-state index contributed by atoms with van der Waals surface area (Å²) in [5, 5.41) is 2.92. The SMILES string of the molecule is NCc1cccc(NC(=O)N2c3nc(-c4cccc(C(F)(F)F)c4)ccc3N3CC[C@H]2C3)c1. The molecule has 2 aromatic carbocycles. The number of aromatic nitrogens is 1. The van der Waals surface area contributed by atoms with Gasteiger partial charge in [-0.15, -0.1) is 0 Å². The van der Waals surface area contributed by atoms with E-state index in [1.807, 2.05) is 24.3 Å². The molecule has 1 aromatic heterocycles. The van der Waals surface area contributed by atoms with Gasteiger partial charge in [0.2, 0.25) is 0 Å². The van der Waals surface area contributed by atoms with Crippen LogP contribution < -0.4 is 20.9 Å². The minimum atomic E-state index is -4.45. The van der Waals surface area contributed by atoms with E-state index in [1.54, 1.807) is 23.1 Å². The van der Waals surface area contributed by atoms with Crippen molar-refractivity contribution in [3.05, 3.63) is 71.8 Å². The van der Waals surface area contributed by atoms with Gasteiger partial charge < -0.3 is 16.0 Å². The van der Waals surface area contributed by atoms with E-state index in [4.69, 9.17) is 5.73 Å². The summed E-state index contributed by atoms with van der Waals surface area (Å²) in [5.74, 6) is 0.450. The number of hydrogen-bond acceptors (Lipinski definition) is 4. The molecular formula is C24H22F3N5O. The number of carbonyl (C=O) groups is 1. The number of alkyl halides is 3. The fourth-order valence-electron chi connectivity index (χ4n) is 4.45. The molecule has 3 heterocycles. The van der Waals surface area contributed by atoms with Crippen molar-refractivity contribution in [3.8, 4) is 11.3 Å². The lowest BCUT2D eigenvalue weighted by Gasteiger charge is -2.36. The summed E-state index contributed by atoms with van der Waals surface area (Å²) in [6.07, 6.45) is -3.66.